The van der Waals surface area contributed by atoms with E-state index in [4.69, 9.17) is 17.2 Å². The molecule has 7 nitrogen and oxygen atoms in total. The van der Waals surface area contributed by atoms with E-state index in [1.54, 1.807) is 25.2 Å². The second-order valence-corrected chi connectivity index (χ2v) is 3.76. The molecule has 0 aliphatic rings. The van der Waals surface area contributed by atoms with Crippen LogP contribution in [0.2, 0.25) is 0 Å². The van der Waals surface area contributed by atoms with E-state index in [9.17, 15) is 4.79 Å². The smallest absolute Gasteiger partial charge is 0.253 e. The minimum atomic E-state index is -0.566. The number of hydrogen-bond donors (Lipinski definition) is 5. The molecule has 2 rings (SSSR count). The van der Waals surface area contributed by atoms with Crippen molar-refractivity contribution in [3.63, 3.8) is 0 Å². The highest BCUT2D eigenvalue weighted by atomic mass is 16.1. The number of carbonyl (C=O) groups excluding carboxylic acids is 1. The van der Waals surface area contributed by atoms with Crippen LogP contribution < -0.4 is 22.6 Å². The molecule has 1 amide bonds. The maximum Gasteiger partial charge on any atom is 0.253 e. The number of aromatic amines is 1. The van der Waals surface area contributed by atoms with E-state index >= 15 is 0 Å². The molecule has 1 heterocycles. The average Bonchev–Trinajstić information content (AvgIpc) is 2.63. The van der Waals surface area contributed by atoms with Gasteiger partial charge in [0.2, 0.25) is 0 Å². The van der Waals surface area contributed by atoms with Crippen LogP contribution in [-0.4, -0.2) is 23.8 Å². The van der Waals surface area contributed by atoms with Crippen molar-refractivity contribution in [1.82, 2.24) is 10.4 Å². The van der Waals surface area contributed by atoms with Crippen molar-refractivity contribution in [2.75, 3.05) is 12.8 Å². The van der Waals surface area contributed by atoms with Gasteiger partial charge >= 0.3 is 0 Å². The second-order valence-electron chi connectivity index (χ2n) is 3.76. The van der Waals surface area contributed by atoms with Crippen molar-refractivity contribution in [1.29, 1.82) is 0 Å². The number of benzene rings is 1. The van der Waals surface area contributed by atoms with Gasteiger partial charge in [-0.15, -0.1) is 0 Å². The number of nitrogens with two attached hydrogens (primary N) is 3. The summed E-state index contributed by atoms with van der Waals surface area (Å²) in [6, 6.07) is 5.24. The third kappa shape index (κ3) is 1.81. The number of hydrogen-bond acceptors (Lipinski definition) is 4. The van der Waals surface area contributed by atoms with E-state index < -0.39 is 5.91 Å². The molecular formula is C11H14N6O. The second kappa shape index (κ2) is 4.28. The van der Waals surface area contributed by atoms with Crippen molar-refractivity contribution < 1.29 is 4.79 Å². The molecule has 0 atom stereocenters. The van der Waals surface area contributed by atoms with Gasteiger partial charge in [-0.1, -0.05) is 12.1 Å². The molecule has 18 heavy (non-hydrogen) atoms. The minimum absolute atomic E-state index is 0.249. The van der Waals surface area contributed by atoms with Crippen LogP contribution in [-0.2, 0) is 0 Å². The molecule has 94 valence electrons. The number of carbonyl (C=O) groups is 1. The van der Waals surface area contributed by atoms with Crippen molar-refractivity contribution in [3.8, 4) is 0 Å². The topological polar surface area (TPSA) is 135 Å². The summed E-state index contributed by atoms with van der Waals surface area (Å²) in [7, 11) is 1.66. The normalized spacial score (nSPS) is 11.7. The Bertz CT molecular complexity index is 642. The molecule has 0 spiro atoms. The predicted molar refractivity (Wildman–Crippen MR) is 71.0 cm³/mol. The fourth-order valence-corrected chi connectivity index (χ4v) is 1.83. The third-order valence-corrected chi connectivity index (χ3v) is 2.60. The summed E-state index contributed by atoms with van der Waals surface area (Å²) in [5, 5.41) is 4.54. The third-order valence-electron chi connectivity index (χ3n) is 2.60. The Labute approximate surface area is 103 Å². The zero-order valence-electron chi connectivity index (χ0n) is 9.82. The molecule has 1 aromatic carbocycles. The summed E-state index contributed by atoms with van der Waals surface area (Å²) in [5.41, 5.74) is 21.0. The highest BCUT2D eigenvalue weighted by molar-refractivity contribution is 6.12. The Morgan fingerprint density at radius 3 is 2.72 bits per heavy atom. The summed E-state index contributed by atoms with van der Waals surface area (Å²) in [5.74, 6) is 0.0235. The van der Waals surface area contributed by atoms with Crippen molar-refractivity contribution in [2.45, 2.75) is 0 Å². The molecule has 0 fully saturated rings. The van der Waals surface area contributed by atoms with Crippen molar-refractivity contribution in [2.24, 2.45) is 16.6 Å². The molecule has 0 radical (unpaired) electrons. The molecule has 7 heteroatoms. The Kier molecular flexibility index (Phi) is 2.80. The largest absolute Gasteiger partial charge is 0.385 e. The first-order chi connectivity index (χ1) is 8.54. The lowest BCUT2D eigenvalue weighted by molar-refractivity contribution is 0.100. The van der Waals surface area contributed by atoms with E-state index in [1.165, 1.54) is 0 Å². The van der Waals surface area contributed by atoms with Crippen LogP contribution in [0.25, 0.3) is 10.9 Å². The minimum Gasteiger partial charge on any atom is -0.385 e. The number of amidine groups is 1. The maximum absolute atomic E-state index is 11.3. The Morgan fingerprint density at radius 2 is 2.11 bits per heavy atom. The Morgan fingerprint density at radius 1 is 1.39 bits per heavy atom. The molecule has 1 aromatic heterocycles. The van der Waals surface area contributed by atoms with E-state index in [0.717, 1.165) is 0 Å². The molecular weight excluding hydrogens is 232 g/mol. The molecule has 0 saturated carbocycles. The highest BCUT2D eigenvalue weighted by Crippen LogP contribution is 2.24. The van der Waals surface area contributed by atoms with Gasteiger partial charge in [-0.05, 0) is 6.07 Å². The molecule has 0 aliphatic heterocycles. The van der Waals surface area contributed by atoms with Crippen LogP contribution in [0.1, 0.15) is 15.9 Å². The van der Waals surface area contributed by atoms with Gasteiger partial charge in [-0.2, -0.15) is 5.10 Å². The highest BCUT2D eigenvalue weighted by Gasteiger charge is 2.14. The summed E-state index contributed by atoms with van der Waals surface area (Å²) >= 11 is 0. The first-order valence-electron chi connectivity index (χ1n) is 5.26. The lowest BCUT2D eigenvalue weighted by Crippen LogP contribution is -2.17. The first kappa shape index (κ1) is 11.8. The SMILES string of the molecule is CN/N=C(\N)c1ccc2c(C(N)=O)c(N)[nH]c2c1. The van der Waals surface area contributed by atoms with Gasteiger partial charge in [0.1, 0.15) is 5.82 Å². The van der Waals surface area contributed by atoms with Gasteiger partial charge in [0, 0.05) is 23.5 Å². The summed E-state index contributed by atoms with van der Waals surface area (Å²) in [6.45, 7) is 0. The van der Waals surface area contributed by atoms with E-state index in [-0.39, 0.29) is 5.82 Å². The van der Waals surface area contributed by atoms with Crippen LogP contribution in [0.4, 0.5) is 5.82 Å². The van der Waals surface area contributed by atoms with Gasteiger partial charge in [-0.3, -0.25) is 4.79 Å². The van der Waals surface area contributed by atoms with Gasteiger partial charge in [0.05, 0.1) is 5.56 Å². The number of amides is 1. The number of fused-ring (bicyclic) bond motifs is 1. The number of hydrazone groups is 1. The number of anilines is 1. The number of nitrogens with one attached hydrogen (secondary N) is 2. The number of nitrogens with zero attached hydrogens (tertiary/aromatic N) is 1. The number of aromatic nitrogens is 1. The Hall–Kier alpha value is -2.70. The van der Waals surface area contributed by atoms with Crippen molar-refractivity contribution in [3.05, 3.63) is 29.3 Å². The lowest BCUT2D eigenvalue weighted by Gasteiger charge is -2.01. The number of H-pyrrole nitrogens is 1. The van der Waals surface area contributed by atoms with Gasteiger partial charge in [0.25, 0.3) is 5.91 Å². The van der Waals surface area contributed by atoms with Crippen LogP contribution in [0, 0.1) is 0 Å². The number of primary amides is 1. The molecule has 2 aromatic rings. The lowest BCUT2D eigenvalue weighted by atomic mass is 10.1. The van der Waals surface area contributed by atoms with Crippen LogP contribution in [0.15, 0.2) is 23.3 Å². The average molecular weight is 246 g/mol. The van der Waals surface area contributed by atoms with Crippen LogP contribution in [0.3, 0.4) is 0 Å². The maximum atomic E-state index is 11.3. The fraction of sp³-hybridized carbons (Fsp3) is 0.0909. The number of rotatable bonds is 3. The van der Waals surface area contributed by atoms with E-state index in [1.807, 2.05) is 0 Å². The standard InChI is InChI=1S/C11H14N6O/c1-15-17-9(12)5-2-3-6-7(4-5)16-10(13)8(6)11(14)18/h2-4,15-16H,13H2,1H3,(H2,12,17)(H2,14,18). The van der Waals surface area contributed by atoms with Gasteiger partial charge in [-0.25, -0.2) is 0 Å². The first-order valence-corrected chi connectivity index (χ1v) is 5.26. The van der Waals surface area contributed by atoms with Gasteiger partial charge in [0.15, 0.2) is 5.84 Å². The van der Waals surface area contributed by atoms with Crippen LogP contribution >= 0.6 is 0 Å². The quantitative estimate of drug-likeness (QED) is 0.288. The zero-order valence-corrected chi connectivity index (χ0v) is 9.82. The summed E-state index contributed by atoms with van der Waals surface area (Å²) < 4.78 is 0. The molecule has 0 unspecified atom stereocenters. The predicted octanol–water partition coefficient (Wildman–Crippen LogP) is -0.311. The molecule has 0 bridgehead atoms. The van der Waals surface area contributed by atoms with E-state index in [0.29, 0.717) is 27.9 Å². The zero-order chi connectivity index (χ0) is 13.3. The summed E-state index contributed by atoms with van der Waals surface area (Å²) in [4.78, 5) is 14.2. The van der Waals surface area contributed by atoms with Crippen molar-refractivity contribution >= 4 is 28.5 Å². The van der Waals surface area contributed by atoms with Gasteiger partial charge < -0.3 is 27.6 Å². The molecule has 0 aliphatic carbocycles. The number of nitrogen functional groups attached to an aromatic ring is 1. The molecule has 8 N–H and O–H groups in total. The van der Waals surface area contributed by atoms with E-state index in [2.05, 4.69) is 15.5 Å². The van der Waals surface area contributed by atoms with Crippen LogP contribution in [0.5, 0.6) is 0 Å². The fourth-order valence-electron chi connectivity index (χ4n) is 1.83. The molecule has 0 saturated heterocycles. The Balaban J connectivity index is 2.61. The summed E-state index contributed by atoms with van der Waals surface area (Å²) in [6.07, 6.45) is 0. The monoisotopic (exact) mass is 246 g/mol.